The van der Waals surface area contributed by atoms with Gasteiger partial charge in [0.1, 0.15) is 0 Å². The molecule has 1 saturated heterocycles. The summed E-state index contributed by atoms with van der Waals surface area (Å²) in [5, 5.41) is 3.46. The Labute approximate surface area is 125 Å². The van der Waals surface area contributed by atoms with E-state index in [9.17, 15) is 4.79 Å². The van der Waals surface area contributed by atoms with Crippen molar-refractivity contribution in [2.75, 3.05) is 31.9 Å². The van der Waals surface area contributed by atoms with Crippen molar-refractivity contribution in [2.24, 2.45) is 0 Å². The van der Waals surface area contributed by atoms with Gasteiger partial charge >= 0.3 is 0 Å². The number of carbonyl (C=O) groups is 1. The molecule has 1 fully saturated rings. The molecule has 0 aliphatic carbocycles. The quantitative estimate of drug-likeness (QED) is 0.846. The molecule has 1 unspecified atom stereocenters. The second kappa shape index (κ2) is 6.64. The van der Waals surface area contributed by atoms with Gasteiger partial charge in [0.05, 0.1) is 0 Å². The minimum absolute atomic E-state index is 0.316. The third kappa shape index (κ3) is 3.18. The Morgan fingerprint density at radius 1 is 1.30 bits per heavy atom. The first kappa shape index (κ1) is 14.0. The number of nitrogens with zero attached hydrogens (tertiary/aromatic N) is 1. The number of likely N-dealkylation sites (tertiary alicyclic amines) is 1. The van der Waals surface area contributed by atoms with Crippen LogP contribution in [0.2, 0.25) is 0 Å². The van der Waals surface area contributed by atoms with Crippen LogP contribution in [-0.2, 0) is 4.79 Å². The molecule has 20 heavy (non-hydrogen) atoms. The van der Waals surface area contributed by atoms with Crippen LogP contribution < -0.4 is 5.32 Å². The third-order valence-corrected chi connectivity index (χ3v) is 5.42. The van der Waals surface area contributed by atoms with Crippen LogP contribution in [0.5, 0.6) is 0 Å². The Morgan fingerprint density at radius 3 is 2.95 bits per heavy atom. The Kier molecular flexibility index (Phi) is 4.63. The van der Waals surface area contributed by atoms with Crippen molar-refractivity contribution in [3.8, 4) is 0 Å². The summed E-state index contributed by atoms with van der Waals surface area (Å²) in [7, 11) is 0. The number of benzene rings is 1. The third-order valence-electron chi connectivity index (χ3n) is 4.16. The van der Waals surface area contributed by atoms with Crippen LogP contribution in [0.25, 0.3) is 0 Å². The highest BCUT2D eigenvalue weighted by atomic mass is 32.2. The molecule has 1 N–H and O–H groups in total. The first-order valence-electron chi connectivity index (χ1n) is 7.55. The first-order chi connectivity index (χ1) is 9.84. The number of nitrogens with one attached hydrogen (secondary N) is 1. The maximum absolute atomic E-state index is 11.9. The molecule has 4 heteroatoms. The molecule has 0 spiro atoms. The van der Waals surface area contributed by atoms with Crippen molar-refractivity contribution in [2.45, 2.75) is 30.1 Å². The van der Waals surface area contributed by atoms with Gasteiger partial charge in [-0.1, -0.05) is 18.2 Å². The Morgan fingerprint density at radius 2 is 2.10 bits per heavy atom. The summed E-state index contributed by atoms with van der Waals surface area (Å²) in [4.78, 5) is 15.3. The zero-order valence-corrected chi connectivity index (χ0v) is 12.6. The lowest BCUT2D eigenvalue weighted by atomic mass is 10.0. The van der Waals surface area contributed by atoms with Crippen molar-refractivity contribution in [1.82, 2.24) is 10.2 Å². The van der Waals surface area contributed by atoms with E-state index < -0.39 is 0 Å². The number of amides is 1. The lowest BCUT2D eigenvalue weighted by Gasteiger charge is -2.16. The number of hydrogen-bond acceptors (Lipinski definition) is 3. The van der Waals surface area contributed by atoms with Crippen LogP contribution in [0.15, 0.2) is 29.2 Å². The minimum Gasteiger partial charge on any atom is -0.343 e. The van der Waals surface area contributed by atoms with Crippen molar-refractivity contribution in [1.29, 1.82) is 0 Å². The molecule has 2 aliphatic rings. The van der Waals surface area contributed by atoms with Gasteiger partial charge in [-0.25, -0.2) is 0 Å². The Bertz CT molecular complexity index is 471. The Hall–Kier alpha value is -1.00. The fourth-order valence-electron chi connectivity index (χ4n) is 2.99. The van der Waals surface area contributed by atoms with Gasteiger partial charge < -0.3 is 10.2 Å². The molecule has 1 atom stereocenters. The summed E-state index contributed by atoms with van der Waals surface area (Å²) < 4.78 is 0. The van der Waals surface area contributed by atoms with Crippen molar-refractivity contribution >= 4 is 17.7 Å². The average Bonchev–Trinajstić information content (AvgIpc) is 3.13. The molecule has 0 radical (unpaired) electrons. The van der Waals surface area contributed by atoms with Crippen molar-refractivity contribution in [3.63, 3.8) is 0 Å². The maximum atomic E-state index is 11.9. The second-order valence-corrected chi connectivity index (χ2v) is 6.65. The van der Waals surface area contributed by atoms with Crippen LogP contribution in [-0.4, -0.2) is 42.7 Å². The van der Waals surface area contributed by atoms with Crippen LogP contribution in [0.4, 0.5) is 0 Å². The van der Waals surface area contributed by atoms with E-state index in [1.807, 2.05) is 16.7 Å². The van der Waals surface area contributed by atoms with Crippen molar-refractivity contribution in [3.05, 3.63) is 29.8 Å². The summed E-state index contributed by atoms with van der Waals surface area (Å²) in [6.45, 7) is 3.72. The van der Waals surface area contributed by atoms with E-state index in [2.05, 4.69) is 29.6 Å². The number of fused-ring (bicyclic) bond motifs is 1. The number of thioether (sulfide) groups is 1. The SMILES string of the molecule is O=C(CCNCC1CSc2ccccc21)N1CCCC1. The molecule has 2 heterocycles. The van der Waals surface area contributed by atoms with Gasteiger partial charge in [0, 0.05) is 49.2 Å². The molecule has 0 bridgehead atoms. The van der Waals surface area contributed by atoms with Gasteiger partial charge in [0.2, 0.25) is 5.91 Å². The van der Waals surface area contributed by atoms with Gasteiger partial charge in [-0.3, -0.25) is 4.79 Å². The second-order valence-electron chi connectivity index (χ2n) is 5.59. The van der Waals surface area contributed by atoms with Crippen LogP contribution in [0, 0.1) is 0 Å². The molecule has 108 valence electrons. The highest BCUT2D eigenvalue weighted by Gasteiger charge is 2.22. The van der Waals surface area contributed by atoms with E-state index >= 15 is 0 Å². The van der Waals surface area contributed by atoms with Gasteiger partial charge in [-0.15, -0.1) is 11.8 Å². The highest BCUT2D eigenvalue weighted by molar-refractivity contribution is 7.99. The fourth-order valence-corrected chi connectivity index (χ4v) is 4.25. The molecule has 0 saturated carbocycles. The zero-order chi connectivity index (χ0) is 13.8. The van der Waals surface area contributed by atoms with Crippen LogP contribution >= 0.6 is 11.8 Å². The highest BCUT2D eigenvalue weighted by Crippen LogP contribution is 2.38. The average molecular weight is 290 g/mol. The molecule has 3 rings (SSSR count). The number of rotatable bonds is 5. The monoisotopic (exact) mass is 290 g/mol. The predicted molar refractivity (Wildman–Crippen MR) is 83.2 cm³/mol. The minimum atomic E-state index is 0.316. The van der Waals surface area contributed by atoms with Crippen LogP contribution in [0.1, 0.15) is 30.7 Å². The van der Waals surface area contributed by atoms with Gasteiger partial charge in [0.25, 0.3) is 0 Å². The molecule has 1 amide bonds. The smallest absolute Gasteiger partial charge is 0.223 e. The lowest BCUT2D eigenvalue weighted by Crippen LogP contribution is -2.31. The topological polar surface area (TPSA) is 32.3 Å². The largest absolute Gasteiger partial charge is 0.343 e. The molecular formula is C16H22N2OS. The predicted octanol–water partition coefficient (Wildman–Crippen LogP) is 2.48. The van der Waals surface area contributed by atoms with Crippen molar-refractivity contribution < 1.29 is 4.79 Å². The Balaban J connectivity index is 1.39. The molecule has 2 aliphatic heterocycles. The van der Waals surface area contributed by atoms with Crippen LogP contribution in [0.3, 0.4) is 0 Å². The van der Waals surface area contributed by atoms with E-state index in [4.69, 9.17) is 0 Å². The normalized spacial score (nSPS) is 21.2. The van der Waals surface area contributed by atoms with Gasteiger partial charge in [0.15, 0.2) is 0 Å². The van der Waals surface area contributed by atoms with E-state index in [-0.39, 0.29) is 0 Å². The number of hydrogen-bond donors (Lipinski definition) is 1. The number of carbonyl (C=O) groups excluding carboxylic acids is 1. The molecule has 1 aromatic carbocycles. The summed E-state index contributed by atoms with van der Waals surface area (Å²) in [5.41, 5.74) is 1.47. The van der Waals surface area contributed by atoms with Gasteiger partial charge in [-0.2, -0.15) is 0 Å². The molecule has 0 aromatic heterocycles. The molecular weight excluding hydrogens is 268 g/mol. The van der Waals surface area contributed by atoms with Gasteiger partial charge in [-0.05, 0) is 24.5 Å². The molecule has 3 nitrogen and oxygen atoms in total. The van der Waals surface area contributed by atoms with E-state index in [1.54, 1.807) is 0 Å². The summed E-state index contributed by atoms with van der Waals surface area (Å²) in [5.74, 6) is 2.07. The molecule has 1 aromatic rings. The summed E-state index contributed by atoms with van der Waals surface area (Å²) in [6, 6.07) is 8.67. The summed E-state index contributed by atoms with van der Waals surface area (Å²) >= 11 is 1.95. The summed E-state index contributed by atoms with van der Waals surface area (Å²) in [6.07, 6.45) is 2.99. The lowest BCUT2D eigenvalue weighted by molar-refractivity contribution is -0.130. The first-order valence-corrected chi connectivity index (χ1v) is 8.53. The van der Waals surface area contributed by atoms with E-state index in [1.165, 1.54) is 23.3 Å². The fraction of sp³-hybridized carbons (Fsp3) is 0.562. The standard InChI is InChI=1S/C16H22N2OS/c19-16(18-9-3-4-10-18)7-8-17-11-13-12-20-15-6-2-1-5-14(13)15/h1-2,5-6,13,17H,3-4,7-12H2. The van der Waals surface area contributed by atoms with E-state index in [0.29, 0.717) is 18.2 Å². The van der Waals surface area contributed by atoms with E-state index in [0.717, 1.165) is 31.9 Å². The zero-order valence-electron chi connectivity index (χ0n) is 11.8. The maximum Gasteiger partial charge on any atom is 0.223 e.